The number of hydrogen-bond acceptors (Lipinski definition) is 2. The van der Waals surface area contributed by atoms with Gasteiger partial charge in [0.15, 0.2) is 0 Å². The number of methoxy groups -OCH3 is 1. The summed E-state index contributed by atoms with van der Waals surface area (Å²) in [4.78, 5) is 0. The van der Waals surface area contributed by atoms with Crippen molar-refractivity contribution in [3.63, 3.8) is 0 Å². The molecule has 0 heterocycles. The lowest BCUT2D eigenvalue weighted by Gasteiger charge is -2.07. The fourth-order valence-corrected chi connectivity index (χ4v) is 1.23. The summed E-state index contributed by atoms with van der Waals surface area (Å²) in [5.41, 5.74) is 0.695. The number of ether oxygens (including phenoxy) is 1. The first-order valence-corrected chi connectivity index (χ1v) is 4.23. The van der Waals surface area contributed by atoms with Gasteiger partial charge >= 0.3 is 0 Å². The molecule has 0 unspecified atom stereocenters. The van der Waals surface area contributed by atoms with Crippen molar-refractivity contribution in [1.82, 2.24) is 5.32 Å². The summed E-state index contributed by atoms with van der Waals surface area (Å²) in [7, 11) is 3.26. The predicted molar refractivity (Wildman–Crippen MR) is 50.7 cm³/mol. The molecule has 0 fully saturated rings. The van der Waals surface area contributed by atoms with Crippen LogP contribution in [0.4, 0.5) is 4.39 Å². The maximum Gasteiger partial charge on any atom is 0.145 e. The van der Waals surface area contributed by atoms with Gasteiger partial charge < -0.3 is 10.1 Å². The third kappa shape index (κ3) is 2.32. The molecule has 0 spiro atoms. The van der Waals surface area contributed by atoms with E-state index in [1.807, 2.05) is 0 Å². The molecule has 1 aromatic carbocycles. The Morgan fingerprint density at radius 2 is 2.23 bits per heavy atom. The highest BCUT2D eigenvalue weighted by Gasteiger charge is 2.08. The molecule has 0 aliphatic carbocycles. The van der Waals surface area contributed by atoms with Gasteiger partial charge in [0.2, 0.25) is 0 Å². The molecule has 0 atom stereocenters. The average Bonchev–Trinajstić information content (AvgIpc) is 2.13. The fraction of sp³-hybridized carbons (Fsp3) is 0.333. The van der Waals surface area contributed by atoms with Crippen molar-refractivity contribution in [2.24, 2.45) is 0 Å². The molecule has 13 heavy (non-hydrogen) atoms. The minimum absolute atomic E-state index is 0.148. The van der Waals surface area contributed by atoms with Crippen LogP contribution in [0.2, 0.25) is 5.02 Å². The summed E-state index contributed by atoms with van der Waals surface area (Å²) in [5, 5.41) is 3.04. The smallest absolute Gasteiger partial charge is 0.145 e. The van der Waals surface area contributed by atoms with E-state index < -0.39 is 5.82 Å². The lowest BCUT2D eigenvalue weighted by atomic mass is 10.2. The Morgan fingerprint density at radius 3 is 2.77 bits per heavy atom. The number of rotatable bonds is 3. The zero-order valence-corrected chi connectivity index (χ0v) is 8.28. The van der Waals surface area contributed by atoms with Crippen LogP contribution in [0.5, 0.6) is 5.75 Å². The van der Waals surface area contributed by atoms with Gasteiger partial charge in [-0.3, -0.25) is 0 Å². The molecule has 1 N–H and O–H groups in total. The van der Waals surface area contributed by atoms with Crippen LogP contribution in [0, 0.1) is 5.82 Å². The molecule has 0 radical (unpaired) electrons. The molecular weight excluding hydrogens is 193 g/mol. The quantitative estimate of drug-likeness (QED) is 0.814. The molecule has 0 saturated carbocycles. The van der Waals surface area contributed by atoms with Gasteiger partial charge in [-0.25, -0.2) is 4.39 Å². The van der Waals surface area contributed by atoms with E-state index in [0.29, 0.717) is 17.9 Å². The van der Waals surface area contributed by atoms with Crippen LogP contribution in [0.1, 0.15) is 5.56 Å². The van der Waals surface area contributed by atoms with E-state index in [2.05, 4.69) is 5.32 Å². The van der Waals surface area contributed by atoms with E-state index in [1.54, 1.807) is 13.1 Å². The first-order chi connectivity index (χ1) is 6.19. The van der Waals surface area contributed by atoms with E-state index in [4.69, 9.17) is 16.3 Å². The second-order valence-corrected chi connectivity index (χ2v) is 2.99. The van der Waals surface area contributed by atoms with Gasteiger partial charge in [-0.05, 0) is 18.7 Å². The van der Waals surface area contributed by atoms with Crippen molar-refractivity contribution >= 4 is 11.6 Å². The average molecular weight is 204 g/mol. The number of hydrogen-bond donors (Lipinski definition) is 1. The van der Waals surface area contributed by atoms with Crippen molar-refractivity contribution in [1.29, 1.82) is 0 Å². The Labute approximate surface area is 81.7 Å². The molecule has 0 bridgehead atoms. The lowest BCUT2D eigenvalue weighted by molar-refractivity contribution is 0.410. The fourth-order valence-electron chi connectivity index (χ4n) is 1.06. The maximum absolute atomic E-state index is 13.1. The molecule has 1 rings (SSSR count). The lowest BCUT2D eigenvalue weighted by Crippen LogP contribution is -2.06. The van der Waals surface area contributed by atoms with Gasteiger partial charge in [0, 0.05) is 12.6 Å². The van der Waals surface area contributed by atoms with Crippen molar-refractivity contribution in [2.75, 3.05) is 14.2 Å². The summed E-state index contributed by atoms with van der Waals surface area (Å²) in [6, 6.07) is 2.98. The Balaban J connectivity index is 3.09. The highest BCUT2D eigenvalue weighted by atomic mass is 35.5. The zero-order chi connectivity index (χ0) is 9.84. The summed E-state index contributed by atoms with van der Waals surface area (Å²) in [6.07, 6.45) is 0. The van der Waals surface area contributed by atoms with E-state index in [0.717, 1.165) is 0 Å². The van der Waals surface area contributed by atoms with Gasteiger partial charge in [-0.2, -0.15) is 0 Å². The van der Waals surface area contributed by atoms with Crippen molar-refractivity contribution in [2.45, 2.75) is 6.54 Å². The summed E-state index contributed by atoms with van der Waals surface area (Å²) in [6.45, 7) is 0.521. The minimum atomic E-state index is -0.453. The standard InChI is InChI=1S/C9H11ClFNO/c1-12-5-6-3-7(13-2)4-8(11)9(6)10/h3-4,12H,5H2,1-2H3. The van der Waals surface area contributed by atoms with Crippen molar-refractivity contribution < 1.29 is 9.13 Å². The van der Waals surface area contributed by atoms with Crippen LogP contribution < -0.4 is 10.1 Å². The zero-order valence-electron chi connectivity index (χ0n) is 7.53. The predicted octanol–water partition coefficient (Wildman–Crippen LogP) is 2.21. The molecular formula is C9H11ClFNO. The molecule has 1 aromatic rings. The molecule has 2 nitrogen and oxygen atoms in total. The normalized spacial score (nSPS) is 10.2. The number of nitrogens with one attached hydrogen (secondary N) is 1. The molecule has 4 heteroatoms. The first kappa shape index (κ1) is 10.3. The minimum Gasteiger partial charge on any atom is -0.497 e. The maximum atomic E-state index is 13.1. The first-order valence-electron chi connectivity index (χ1n) is 3.85. The summed E-state index contributed by atoms with van der Waals surface area (Å²) in [5.74, 6) is 0.0263. The summed E-state index contributed by atoms with van der Waals surface area (Å²) < 4.78 is 18.0. The number of benzene rings is 1. The third-order valence-electron chi connectivity index (χ3n) is 1.68. The Morgan fingerprint density at radius 1 is 1.54 bits per heavy atom. The van der Waals surface area contributed by atoms with Crippen LogP contribution in [-0.2, 0) is 6.54 Å². The van der Waals surface area contributed by atoms with Gasteiger partial charge in [-0.1, -0.05) is 11.6 Å². The van der Waals surface area contributed by atoms with E-state index in [-0.39, 0.29) is 5.02 Å². The van der Waals surface area contributed by atoms with E-state index in [9.17, 15) is 4.39 Å². The summed E-state index contributed by atoms with van der Waals surface area (Å²) >= 11 is 5.73. The van der Waals surface area contributed by atoms with E-state index >= 15 is 0 Å². The second-order valence-electron chi connectivity index (χ2n) is 2.61. The second kappa shape index (κ2) is 4.44. The van der Waals surface area contributed by atoms with Crippen LogP contribution in [0.25, 0.3) is 0 Å². The molecule has 0 aliphatic heterocycles. The highest BCUT2D eigenvalue weighted by Crippen LogP contribution is 2.25. The van der Waals surface area contributed by atoms with Crippen LogP contribution in [-0.4, -0.2) is 14.2 Å². The largest absolute Gasteiger partial charge is 0.497 e. The topological polar surface area (TPSA) is 21.3 Å². The number of halogens is 2. The van der Waals surface area contributed by atoms with Crippen LogP contribution in [0.3, 0.4) is 0 Å². The Hall–Kier alpha value is -0.800. The van der Waals surface area contributed by atoms with Crippen LogP contribution >= 0.6 is 11.6 Å². The molecule has 0 amide bonds. The van der Waals surface area contributed by atoms with Gasteiger partial charge in [0.25, 0.3) is 0 Å². The molecule has 0 saturated heterocycles. The van der Waals surface area contributed by atoms with Crippen molar-refractivity contribution in [3.8, 4) is 5.75 Å². The van der Waals surface area contributed by atoms with Gasteiger partial charge in [0.1, 0.15) is 11.6 Å². The van der Waals surface area contributed by atoms with Crippen LogP contribution in [0.15, 0.2) is 12.1 Å². The molecule has 0 aliphatic rings. The SMILES string of the molecule is CNCc1cc(OC)cc(F)c1Cl. The third-order valence-corrected chi connectivity index (χ3v) is 2.10. The molecule has 0 aromatic heterocycles. The van der Waals surface area contributed by atoms with Gasteiger partial charge in [-0.15, -0.1) is 0 Å². The van der Waals surface area contributed by atoms with E-state index in [1.165, 1.54) is 13.2 Å². The van der Waals surface area contributed by atoms with Crippen molar-refractivity contribution in [3.05, 3.63) is 28.5 Å². The monoisotopic (exact) mass is 203 g/mol. The Kier molecular flexibility index (Phi) is 3.51. The Bertz CT molecular complexity index is 304. The molecule has 72 valence electrons. The highest BCUT2D eigenvalue weighted by molar-refractivity contribution is 6.31. The van der Waals surface area contributed by atoms with Gasteiger partial charge in [0.05, 0.1) is 12.1 Å².